The lowest BCUT2D eigenvalue weighted by Crippen LogP contribution is -2.44. The molecule has 0 aromatic carbocycles. The van der Waals surface area contributed by atoms with Crippen LogP contribution in [0.1, 0.15) is 12.8 Å². The number of methoxy groups -OCH3 is 1. The zero-order valence-corrected chi connectivity index (χ0v) is 15.3. The molecule has 24 heavy (non-hydrogen) atoms. The number of piperidine rings is 1. The smallest absolute Gasteiger partial charge is 0.278 e. The maximum Gasteiger partial charge on any atom is 0.278 e. The van der Waals surface area contributed by atoms with Crippen LogP contribution in [0.4, 0.5) is 0 Å². The fraction of sp³-hybridized carbons (Fsp3) is 0.429. The van der Waals surface area contributed by atoms with Crippen molar-refractivity contribution in [2.75, 3.05) is 20.2 Å². The summed E-state index contributed by atoms with van der Waals surface area (Å²) in [7, 11) is -2.08. The molecule has 1 saturated heterocycles. The van der Waals surface area contributed by atoms with Gasteiger partial charge in [-0.25, -0.2) is 18.4 Å². The summed E-state index contributed by atoms with van der Waals surface area (Å²) in [6.45, 7) is 0.701. The molecule has 3 rings (SSSR count). The highest BCUT2D eigenvalue weighted by Crippen LogP contribution is 2.30. The molecule has 10 heteroatoms. The fourth-order valence-electron chi connectivity index (χ4n) is 2.47. The second-order valence-corrected chi connectivity index (χ2v) is 9.05. The summed E-state index contributed by atoms with van der Waals surface area (Å²) < 4.78 is 38.4. The zero-order chi connectivity index (χ0) is 17.2. The first kappa shape index (κ1) is 17.4. The van der Waals surface area contributed by atoms with Crippen LogP contribution in [0.15, 0.2) is 28.7 Å². The van der Waals surface area contributed by atoms with Gasteiger partial charge in [0.05, 0.1) is 18.0 Å². The fourth-order valence-corrected chi connectivity index (χ4v) is 5.62. The van der Waals surface area contributed by atoms with Gasteiger partial charge in [-0.05, 0) is 25.0 Å². The lowest BCUT2D eigenvalue weighted by Gasteiger charge is -2.31. The number of ether oxygens (including phenoxy) is 2. The van der Waals surface area contributed by atoms with Crippen molar-refractivity contribution >= 4 is 33.0 Å². The van der Waals surface area contributed by atoms with Gasteiger partial charge in [0.2, 0.25) is 0 Å². The summed E-state index contributed by atoms with van der Waals surface area (Å²) in [6.07, 6.45) is 4.13. The van der Waals surface area contributed by atoms with Gasteiger partial charge in [0.15, 0.2) is 0 Å². The summed E-state index contributed by atoms with van der Waals surface area (Å²) in [5.41, 5.74) is 0. The molecule has 1 aliphatic heterocycles. The Morgan fingerprint density at radius 3 is 2.71 bits per heavy atom. The Balaban J connectivity index is 1.75. The average Bonchev–Trinajstić information content (AvgIpc) is 3.03. The summed E-state index contributed by atoms with van der Waals surface area (Å²) in [5, 5.41) is 0. The van der Waals surface area contributed by atoms with Crippen molar-refractivity contribution in [3.63, 3.8) is 0 Å². The molecule has 3 heterocycles. The van der Waals surface area contributed by atoms with E-state index in [2.05, 4.69) is 9.97 Å². The van der Waals surface area contributed by atoms with Gasteiger partial charge in [0.1, 0.15) is 10.3 Å². The Morgan fingerprint density at radius 1 is 1.29 bits per heavy atom. The first-order chi connectivity index (χ1) is 11.5. The average molecular weight is 390 g/mol. The van der Waals surface area contributed by atoms with Gasteiger partial charge in [-0.3, -0.25) is 0 Å². The molecule has 0 bridgehead atoms. The molecule has 0 N–H and O–H groups in total. The van der Waals surface area contributed by atoms with Crippen LogP contribution in [0.25, 0.3) is 0 Å². The highest BCUT2D eigenvalue weighted by atomic mass is 35.5. The van der Waals surface area contributed by atoms with Gasteiger partial charge < -0.3 is 9.47 Å². The van der Waals surface area contributed by atoms with Crippen LogP contribution in [0.3, 0.4) is 0 Å². The van der Waals surface area contributed by atoms with Crippen molar-refractivity contribution in [2.45, 2.75) is 23.2 Å². The predicted octanol–water partition coefficient (Wildman–Crippen LogP) is 2.43. The van der Waals surface area contributed by atoms with Crippen LogP contribution in [0, 0.1) is 0 Å². The molecule has 2 aromatic rings. The van der Waals surface area contributed by atoms with Crippen molar-refractivity contribution in [3.8, 4) is 11.8 Å². The SMILES string of the molecule is COc1nccnc1OC1CCCN(S(=O)(=O)c2ccc(Cl)s2)C1. The van der Waals surface area contributed by atoms with Gasteiger partial charge in [0, 0.05) is 18.9 Å². The van der Waals surface area contributed by atoms with Crippen molar-refractivity contribution in [1.29, 1.82) is 0 Å². The van der Waals surface area contributed by atoms with E-state index in [0.717, 1.165) is 17.8 Å². The molecule has 1 unspecified atom stereocenters. The first-order valence-corrected chi connectivity index (χ1v) is 9.91. The van der Waals surface area contributed by atoms with E-state index in [1.165, 1.54) is 29.9 Å². The molecule has 1 fully saturated rings. The molecule has 0 saturated carbocycles. The number of nitrogens with zero attached hydrogens (tertiary/aromatic N) is 3. The second kappa shape index (κ2) is 7.22. The molecule has 2 aromatic heterocycles. The maximum absolute atomic E-state index is 12.7. The Labute approximate surface area is 149 Å². The van der Waals surface area contributed by atoms with Crippen LogP contribution < -0.4 is 9.47 Å². The van der Waals surface area contributed by atoms with Gasteiger partial charge in [-0.15, -0.1) is 11.3 Å². The molecule has 0 radical (unpaired) electrons. The number of hydrogen-bond acceptors (Lipinski definition) is 7. The highest BCUT2D eigenvalue weighted by Gasteiger charge is 2.32. The largest absolute Gasteiger partial charge is 0.477 e. The number of halogens is 1. The van der Waals surface area contributed by atoms with Gasteiger partial charge >= 0.3 is 0 Å². The standard InChI is InChI=1S/C14H16ClN3O4S2/c1-21-13-14(17-7-6-16-13)22-10-3-2-8-18(9-10)24(19,20)12-5-4-11(15)23-12/h4-7,10H,2-3,8-9H2,1H3. The molecular weight excluding hydrogens is 374 g/mol. The van der Waals surface area contributed by atoms with Crippen molar-refractivity contribution in [3.05, 3.63) is 28.9 Å². The third-order valence-corrected chi connectivity index (χ3v) is 7.15. The van der Waals surface area contributed by atoms with E-state index in [0.29, 0.717) is 17.3 Å². The summed E-state index contributed by atoms with van der Waals surface area (Å²) >= 11 is 6.91. The van der Waals surface area contributed by atoms with Crippen molar-refractivity contribution < 1.29 is 17.9 Å². The van der Waals surface area contributed by atoms with Gasteiger partial charge in [-0.1, -0.05) is 11.6 Å². The monoisotopic (exact) mass is 389 g/mol. The quantitative estimate of drug-likeness (QED) is 0.781. The van der Waals surface area contributed by atoms with Crippen LogP contribution in [-0.4, -0.2) is 49.0 Å². The molecule has 0 spiro atoms. The third kappa shape index (κ3) is 3.64. The zero-order valence-electron chi connectivity index (χ0n) is 12.9. The van der Waals surface area contributed by atoms with Crippen molar-refractivity contribution in [1.82, 2.24) is 14.3 Å². The molecular formula is C14H16ClN3O4S2. The highest BCUT2D eigenvalue weighted by molar-refractivity contribution is 7.91. The summed E-state index contributed by atoms with van der Waals surface area (Å²) in [6, 6.07) is 3.11. The molecule has 0 amide bonds. The normalized spacial score (nSPS) is 19.2. The van der Waals surface area contributed by atoms with E-state index in [1.807, 2.05) is 0 Å². The van der Waals surface area contributed by atoms with E-state index < -0.39 is 10.0 Å². The van der Waals surface area contributed by atoms with E-state index in [4.69, 9.17) is 21.1 Å². The number of aromatic nitrogens is 2. The van der Waals surface area contributed by atoms with Gasteiger partial charge in [-0.2, -0.15) is 4.31 Å². The molecule has 0 aliphatic carbocycles. The van der Waals surface area contributed by atoms with Crippen LogP contribution in [0.5, 0.6) is 11.8 Å². The Kier molecular flexibility index (Phi) is 5.24. The van der Waals surface area contributed by atoms with E-state index in [1.54, 1.807) is 6.07 Å². The number of sulfonamides is 1. The second-order valence-electron chi connectivity index (χ2n) is 5.17. The minimum absolute atomic E-state index is 0.241. The first-order valence-electron chi connectivity index (χ1n) is 7.28. The Hall–Kier alpha value is -1.42. The maximum atomic E-state index is 12.7. The van der Waals surface area contributed by atoms with Gasteiger partial charge in [0.25, 0.3) is 21.8 Å². The minimum atomic E-state index is -3.56. The van der Waals surface area contributed by atoms with Crippen molar-refractivity contribution in [2.24, 2.45) is 0 Å². The number of hydrogen-bond donors (Lipinski definition) is 0. The molecule has 1 atom stereocenters. The van der Waals surface area contributed by atoms with Crippen LogP contribution in [0.2, 0.25) is 4.34 Å². The predicted molar refractivity (Wildman–Crippen MR) is 90.3 cm³/mol. The minimum Gasteiger partial charge on any atom is -0.477 e. The lowest BCUT2D eigenvalue weighted by molar-refractivity contribution is 0.119. The summed E-state index contributed by atoms with van der Waals surface area (Å²) in [5.74, 6) is 0.547. The summed E-state index contributed by atoms with van der Waals surface area (Å²) in [4.78, 5) is 8.13. The Morgan fingerprint density at radius 2 is 2.04 bits per heavy atom. The number of rotatable bonds is 5. The lowest BCUT2D eigenvalue weighted by atomic mass is 10.1. The topological polar surface area (TPSA) is 81.6 Å². The van der Waals surface area contributed by atoms with Crippen LogP contribution in [-0.2, 0) is 10.0 Å². The van der Waals surface area contributed by atoms with E-state index in [9.17, 15) is 8.42 Å². The molecule has 7 nitrogen and oxygen atoms in total. The molecule has 1 aliphatic rings. The van der Waals surface area contributed by atoms with E-state index >= 15 is 0 Å². The van der Waals surface area contributed by atoms with E-state index in [-0.39, 0.29) is 28.6 Å². The van der Waals surface area contributed by atoms with Crippen LogP contribution >= 0.6 is 22.9 Å². The molecule has 130 valence electrons. The number of thiophene rings is 1. The third-order valence-electron chi connectivity index (χ3n) is 3.59. The Bertz CT molecular complexity index is 812.